The van der Waals surface area contributed by atoms with Crippen molar-refractivity contribution in [3.05, 3.63) is 126 Å². The summed E-state index contributed by atoms with van der Waals surface area (Å²) in [6.45, 7) is 2.46. The second kappa shape index (κ2) is 9.92. The van der Waals surface area contributed by atoms with Crippen LogP contribution < -0.4 is 15.0 Å². The van der Waals surface area contributed by atoms with Crippen LogP contribution in [0.4, 0.5) is 0 Å². The molecule has 29 heavy (non-hydrogen) atoms. The van der Waals surface area contributed by atoms with Gasteiger partial charge in [-0.1, -0.05) is 0 Å². The van der Waals surface area contributed by atoms with E-state index in [-0.39, 0.29) is 22.2 Å². The minimum atomic E-state index is -1.14. The third-order valence-electron chi connectivity index (χ3n) is 5.53. The Morgan fingerprint density at radius 3 is 1.48 bits per heavy atom. The maximum Gasteiger partial charge on any atom is 0 e. The second-order valence-electron chi connectivity index (χ2n) is 7.26. The average Bonchev–Trinajstić information content (AvgIpc) is 2.76. The summed E-state index contributed by atoms with van der Waals surface area (Å²) in [5.41, 5.74) is 2.88. The van der Waals surface area contributed by atoms with Crippen LogP contribution in [-0.4, -0.2) is 16.5 Å². The monoisotopic (exact) mass is 505 g/mol. The van der Waals surface area contributed by atoms with E-state index in [1.165, 1.54) is 26.1 Å². The molecule has 0 N–H and O–H groups in total. The van der Waals surface area contributed by atoms with Gasteiger partial charge in [-0.25, -0.2) is 0 Å². The summed E-state index contributed by atoms with van der Waals surface area (Å²) < 4.78 is 1.48. The summed E-state index contributed by atoms with van der Waals surface area (Å²) in [4.78, 5) is 0. The minimum absolute atomic E-state index is 0. The molecule has 4 rings (SSSR count). The van der Waals surface area contributed by atoms with Crippen molar-refractivity contribution in [2.75, 3.05) is 0 Å². The van der Waals surface area contributed by atoms with E-state index in [1.54, 1.807) is 0 Å². The molecule has 1 atom stereocenters. The van der Waals surface area contributed by atoms with Gasteiger partial charge in [-0.2, -0.15) is 0 Å². The van der Waals surface area contributed by atoms with E-state index < -0.39 is 7.92 Å². The van der Waals surface area contributed by atoms with Crippen LogP contribution in [0.1, 0.15) is 18.1 Å². The van der Waals surface area contributed by atoms with Crippen molar-refractivity contribution in [1.29, 1.82) is 0 Å². The van der Waals surface area contributed by atoms with Gasteiger partial charge in [0, 0.05) is 17.1 Å². The third-order valence-corrected chi connectivity index (χ3v) is 10.2. The largest absolute Gasteiger partial charge is 0 e. The van der Waals surface area contributed by atoms with Crippen LogP contribution in [0.25, 0.3) is 0 Å². The quantitative estimate of drug-likeness (QED) is 0.284. The molecule has 4 aromatic rings. The van der Waals surface area contributed by atoms with Crippen LogP contribution >= 0.6 is 7.92 Å². The first-order valence-electron chi connectivity index (χ1n) is 9.66. The molecular weight excluding hydrogens is 479 g/mol. The molecule has 0 nitrogen and oxygen atoms in total. The zero-order valence-corrected chi connectivity index (χ0v) is 21.4. The zero-order chi connectivity index (χ0) is 19.4. The molecule has 0 amide bonds. The van der Waals surface area contributed by atoms with Gasteiger partial charge in [0.2, 0.25) is 0 Å². The Balaban J connectivity index is 0.00000240. The van der Waals surface area contributed by atoms with Crippen molar-refractivity contribution in [2.45, 2.75) is 12.1 Å². The van der Waals surface area contributed by atoms with Gasteiger partial charge in [-0.15, -0.1) is 0 Å². The first-order valence-corrected chi connectivity index (χ1v) is 12.6. The Morgan fingerprint density at radius 1 is 0.586 bits per heavy atom. The maximum absolute atomic E-state index is 2.46. The van der Waals surface area contributed by atoms with Gasteiger partial charge in [0.15, 0.2) is 0 Å². The van der Waals surface area contributed by atoms with E-state index in [9.17, 15) is 0 Å². The van der Waals surface area contributed by atoms with Crippen LogP contribution in [0.3, 0.4) is 0 Å². The van der Waals surface area contributed by atoms with Crippen molar-refractivity contribution in [3.8, 4) is 0 Å². The minimum Gasteiger partial charge on any atom is 0 e. The molecule has 0 bridgehead atoms. The van der Waals surface area contributed by atoms with Gasteiger partial charge in [-0.05, 0) is 0 Å². The van der Waals surface area contributed by atoms with Gasteiger partial charge in [0.25, 0.3) is 0 Å². The van der Waals surface area contributed by atoms with Gasteiger partial charge in [0.1, 0.15) is 0 Å². The Bertz CT molecular complexity index is 998. The fraction of sp³-hybridized carbons (Fsp3) is 0.0769. The van der Waals surface area contributed by atoms with Crippen LogP contribution in [0.2, 0.25) is 0 Å². The van der Waals surface area contributed by atoms with Gasteiger partial charge in [0.05, 0.1) is 0 Å². The summed E-state index contributed by atoms with van der Waals surface area (Å²) in [5.74, 6) is 0. The van der Waals surface area contributed by atoms with Crippen molar-refractivity contribution in [1.82, 2.24) is 0 Å². The van der Waals surface area contributed by atoms with Crippen molar-refractivity contribution < 1.29 is 17.1 Å². The summed E-state index contributed by atoms with van der Waals surface area (Å²) in [5, 5.41) is 2.84. The Labute approximate surface area is 194 Å². The SMILES string of the molecule is CC(c1ccccc1)(c1cccc[c]1[GeH2])[PH+](c1ccccc1)c1ccccc1.[Cu]. The molecule has 1 unspecified atom stereocenters. The predicted molar refractivity (Wildman–Crippen MR) is 128 cm³/mol. The van der Waals surface area contributed by atoms with Gasteiger partial charge in [-0.3, -0.25) is 0 Å². The van der Waals surface area contributed by atoms with Crippen molar-refractivity contribution >= 4 is 39.4 Å². The second-order valence-corrected chi connectivity index (χ2v) is 11.8. The molecule has 0 fully saturated rings. The molecule has 0 spiro atoms. The smallest absolute Gasteiger partial charge is 0 e. The molecule has 148 valence electrons. The Morgan fingerprint density at radius 2 is 1.00 bits per heavy atom. The Hall–Kier alpha value is -1.63. The number of benzene rings is 4. The fourth-order valence-electron chi connectivity index (χ4n) is 4.17. The van der Waals surface area contributed by atoms with E-state index in [1.807, 2.05) is 0 Å². The first kappa shape index (κ1) is 22.1. The standard InChI is InChI=1S/C26H24GeP.Cu/c1-26(21-13-5-2-6-14-21,24-19-11-12-20-25(24)27)28(22-15-7-3-8-16-22)23-17-9-4-10-18-23;/h2-20H,27H2,1H3;/p+1. The summed E-state index contributed by atoms with van der Waals surface area (Å²) >= 11 is 1.16. The van der Waals surface area contributed by atoms with Crippen LogP contribution in [0.5, 0.6) is 0 Å². The van der Waals surface area contributed by atoms with Crippen molar-refractivity contribution in [3.63, 3.8) is 0 Å². The zero-order valence-electron chi connectivity index (χ0n) is 16.5. The molecule has 0 heterocycles. The van der Waals surface area contributed by atoms with E-state index in [0.717, 1.165) is 16.5 Å². The summed E-state index contributed by atoms with van der Waals surface area (Å²) in [7, 11) is -1.14. The first-order chi connectivity index (χ1) is 13.7. The van der Waals surface area contributed by atoms with Gasteiger partial charge < -0.3 is 0 Å². The molecular formula is C26H25CuGeP+. The molecule has 4 aromatic carbocycles. The fourth-order valence-corrected chi connectivity index (χ4v) is 9.32. The molecule has 0 aliphatic rings. The maximum atomic E-state index is 2.46. The number of rotatable bonds is 5. The van der Waals surface area contributed by atoms with Crippen LogP contribution in [-0.2, 0) is 22.2 Å². The normalized spacial score (nSPS) is 12.8. The van der Waals surface area contributed by atoms with E-state index in [4.69, 9.17) is 0 Å². The van der Waals surface area contributed by atoms with E-state index >= 15 is 0 Å². The summed E-state index contributed by atoms with van der Waals surface area (Å²) in [6, 6.07) is 42.3. The Kier molecular flexibility index (Phi) is 7.55. The molecule has 0 aliphatic heterocycles. The van der Waals surface area contributed by atoms with Crippen LogP contribution in [0, 0.1) is 0 Å². The van der Waals surface area contributed by atoms with Crippen LogP contribution in [0.15, 0.2) is 115 Å². The van der Waals surface area contributed by atoms with Crippen molar-refractivity contribution in [2.24, 2.45) is 0 Å². The molecule has 3 heteroatoms. The van der Waals surface area contributed by atoms with E-state index in [2.05, 4.69) is 122 Å². The predicted octanol–water partition coefficient (Wildman–Crippen LogP) is 4.07. The number of hydrogen-bond donors (Lipinski definition) is 0. The van der Waals surface area contributed by atoms with Gasteiger partial charge >= 0.3 is 178 Å². The molecule has 0 saturated carbocycles. The average molecular weight is 505 g/mol. The third kappa shape index (κ3) is 4.44. The molecule has 0 saturated heterocycles. The topological polar surface area (TPSA) is 0 Å². The summed E-state index contributed by atoms with van der Waals surface area (Å²) in [6.07, 6.45) is 0. The van der Waals surface area contributed by atoms with E-state index in [0.29, 0.717) is 0 Å². The molecule has 0 aromatic heterocycles. The number of hydrogen-bond acceptors (Lipinski definition) is 0. The molecule has 0 aliphatic carbocycles. The molecule has 2 radical (unpaired) electrons.